The second-order valence-corrected chi connectivity index (χ2v) is 4.60. The molecule has 5 heteroatoms. The van der Waals surface area contributed by atoms with E-state index in [-0.39, 0.29) is 5.91 Å². The number of carbonyl (C=O) groups excluding carboxylic acids is 1. The Morgan fingerprint density at radius 2 is 2.06 bits per heavy atom. The van der Waals surface area contributed by atoms with E-state index in [4.69, 9.17) is 5.84 Å². The van der Waals surface area contributed by atoms with Crippen LogP contribution in [0.1, 0.15) is 12.0 Å². The summed E-state index contributed by atoms with van der Waals surface area (Å²) in [5.41, 5.74) is 3.34. The third-order valence-electron chi connectivity index (χ3n) is 2.25. The number of rotatable bonds is 5. The van der Waals surface area contributed by atoms with Gasteiger partial charge in [-0.15, -0.1) is 0 Å². The fourth-order valence-electron chi connectivity index (χ4n) is 1.35. The van der Waals surface area contributed by atoms with E-state index in [1.54, 1.807) is 0 Å². The molecule has 0 aliphatic carbocycles. The Balaban J connectivity index is 2.36. The molecule has 0 spiro atoms. The van der Waals surface area contributed by atoms with Crippen molar-refractivity contribution in [1.82, 2.24) is 10.3 Å². The van der Waals surface area contributed by atoms with Gasteiger partial charge >= 0.3 is 0 Å². The molecule has 1 amide bonds. The summed E-state index contributed by atoms with van der Waals surface area (Å²) >= 11 is 3.39. The second-order valence-electron chi connectivity index (χ2n) is 3.68. The van der Waals surface area contributed by atoms with Crippen LogP contribution in [0.5, 0.6) is 0 Å². The highest BCUT2D eigenvalue weighted by atomic mass is 79.9. The maximum Gasteiger partial charge on any atom is 0.235 e. The van der Waals surface area contributed by atoms with Crippen molar-refractivity contribution in [3.8, 4) is 0 Å². The molecule has 3 N–H and O–H groups in total. The highest BCUT2D eigenvalue weighted by Crippen LogP contribution is 2.11. The van der Waals surface area contributed by atoms with E-state index in [1.807, 2.05) is 19.2 Å². The number of carbonyl (C=O) groups is 1. The van der Waals surface area contributed by atoms with Crippen LogP contribution < -0.4 is 11.3 Å². The highest BCUT2D eigenvalue weighted by Gasteiger charge is 2.03. The van der Waals surface area contributed by atoms with Gasteiger partial charge in [0.25, 0.3) is 0 Å². The summed E-state index contributed by atoms with van der Waals surface area (Å²) in [6.45, 7) is 1.52. The van der Waals surface area contributed by atoms with Gasteiger partial charge < -0.3 is 4.90 Å². The highest BCUT2D eigenvalue weighted by molar-refractivity contribution is 9.10. The lowest BCUT2D eigenvalue weighted by Crippen LogP contribution is -2.33. The molecule has 0 heterocycles. The first-order chi connectivity index (χ1) is 7.61. The lowest BCUT2D eigenvalue weighted by Gasteiger charge is -2.15. The van der Waals surface area contributed by atoms with Crippen molar-refractivity contribution in [2.24, 2.45) is 5.84 Å². The Bertz CT molecular complexity index is 340. The van der Waals surface area contributed by atoms with Crippen LogP contribution in [0.3, 0.4) is 0 Å². The smallest absolute Gasteiger partial charge is 0.235 e. The third kappa shape index (κ3) is 4.74. The normalized spacial score (nSPS) is 10.5. The molecule has 0 atom stereocenters. The zero-order valence-electron chi connectivity index (χ0n) is 9.24. The molecule has 0 fully saturated rings. The summed E-state index contributed by atoms with van der Waals surface area (Å²) in [5, 5.41) is 0. The predicted molar refractivity (Wildman–Crippen MR) is 67.4 cm³/mol. The van der Waals surface area contributed by atoms with Gasteiger partial charge in [-0.25, -0.2) is 5.84 Å². The average Bonchev–Trinajstić information content (AvgIpc) is 2.29. The Morgan fingerprint density at radius 1 is 1.44 bits per heavy atom. The molecule has 16 heavy (non-hydrogen) atoms. The average molecular weight is 286 g/mol. The number of benzene rings is 1. The van der Waals surface area contributed by atoms with E-state index in [0.717, 1.165) is 11.0 Å². The van der Waals surface area contributed by atoms with Crippen molar-refractivity contribution >= 4 is 21.8 Å². The van der Waals surface area contributed by atoms with Crippen molar-refractivity contribution in [1.29, 1.82) is 0 Å². The molecule has 88 valence electrons. The first-order valence-corrected chi connectivity index (χ1v) is 5.83. The third-order valence-corrected chi connectivity index (χ3v) is 2.78. The van der Waals surface area contributed by atoms with Crippen LogP contribution in [0.15, 0.2) is 28.7 Å². The summed E-state index contributed by atoms with van der Waals surface area (Å²) in [6, 6.07) is 8.14. The fourth-order valence-corrected chi connectivity index (χ4v) is 1.61. The summed E-state index contributed by atoms with van der Waals surface area (Å²) in [7, 11) is 1.98. The standard InChI is InChI=1S/C11H16BrN3O/c1-15(7-6-11(16)14-13)8-9-2-4-10(12)5-3-9/h2-5H,6-8,13H2,1H3,(H,14,16). The van der Waals surface area contributed by atoms with Crippen LogP contribution in [0.25, 0.3) is 0 Å². The minimum Gasteiger partial charge on any atom is -0.302 e. The lowest BCUT2D eigenvalue weighted by molar-refractivity contribution is -0.121. The summed E-state index contributed by atoms with van der Waals surface area (Å²) in [6.07, 6.45) is 0.420. The molecule has 0 aliphatic rings. The van der Waals surface area contributed by atoms with Gasteiger partial charge in [-0.2, -0.15) is 0 Å². The molecule has 4 nitrogen and oxygen atoms in total. The molecular formula is C11H16BrN3O. The van der Waals surface area contributed by atoms with Crippen molar-refractivity contribution in [3.63, 3.8) is 0 Å². The summed E-state index contributed by atoms with van der Waals surface area (Å²) < 4.78 is 1.07. The Hall–Kier alpha value is -0.910. The van der Waals surface area contributed by atoms with E-state index < -0.39 is 0 Å². The van der Waals surface area contributed by atoms with E-state index in [0.29, 0.717) is 13.0 Å². The first-order valence-electron chi connectivity index (χ1n) is 5.04. The number of hydrogen-bond donors (Lipinski definition) is 2. The predicted octanol–water partition coefficient (Wildman–Crippen LogP) is 1.26. The zero-order chi connectivity index (χ0) is 12.0. The molecule has 0 saturated carbocycles. The molecule has 0 aromatic heterocycles. The molecule has 0 aliphatic heterocycles. The van der Waals surface area contributed by atoms with E-state index in [1.165, 1.54) is 5.56 Å². The van der Waals surface area contributed by atoms with Gasteiger partial charge in [0, 0.05) is 24.0 Å². The SMILES string of the molecule is CN(CCC(=O)NN)Cc1ccc(Br)cc1. The van der Waals surface area contributed by atoms with Crippen LogP contribution in [0.4, 0.5) is 0 Å². The zero-order valence-corrected chi connectivity index (χ0v) is 10.8. The number of nitrogens with one attached hydrogen (secondary N) is 1. The van der Waals surface area contributed by atoms with E-state index >= 15 is 0 Å². The second kappa shape index (κ2) is 6.62. The van der Waals surface area contributed by atoms with Gasteiger partial charge in [-0.3, -0.25) is 10.2 Å². The number of nitrogens with two attached hydrogens (primary N) is 1. The number of nitrogens with zero attached hydrogens (tertiary/aromatic N) is 1. The number of hydrogen-bond acceptors (Lipinski definition) is 3. The van der Waals surface area contributed by atoms with Gasteiger partial charge in [0.05, 0.1) is 0 Å². The van der Waals surface area contributed by atoms with Crippen LogP contribution in [0.2, 0.25) is 0 Å². The topological polar surface area (TPSA) is 58.4 Å². The van der Waals surface area contributed by atoms with E-state index in [2.05, 4.69) is 38.4 Å². The molecule has 0 radical (unpaired) electrons. The quantitative estimate of drug-likeness (QED) is 0.487. The van der Waals surface area contributed by atoms with Crippen molar-refractivity contribution in [2.75, 3.05) is 13.6 Å². The Kier molecular flexibility index (Phi) is 5.45. The van der Waals surface area contributed by atoms with Crippen molar-refractivity contribution < 1.29 is 4.79 Å². The summed E-state index contributed by atoms with van der Waals surface area (Å²) in [5.74, 6) is 4.87. The number of amides is 1. The van der Waals surface area contributed by atoms with Gasteiger partial charge in [0.15, 0.2) is 0 Å². The van der Waals surface area contributed by atoms with Gasteiger partial charge in [-0.05, 0) is 24.7 Å². The van der Waals surface area contributed by atoms with Crippen LogP contribution in [-0.4, -0.2) is 24.4 Å². The van der Waals surface area contributed by atoms with Crippen molar-refractivity contribution in [3.05, 3.63) is 34.3 Å². The summed E-state index contributed by atoms with van der Waals surface area (Å²) in [4.78, 5) is 13.0. The number of hydrazine groups is 1. The molecule has 1 rings (SSSR count). The van der Waals surface area contributed by atoms with Gasteiger partial charge in [-0.1, -0.05) is 28.1 Å². The van der Waals surface area contributed by atoms with E-state index in [9.17, 15) is 4.79 Å². The first kappa shape index (κ1) is 13.2. The van der Waals surface area contributed by atoms with Crippen LogP contribution in [-0.2, 0) is 11.3 Å². The Labute approximate surface area is 104 Å². The lowest BCUT2D eigenvalue weighted by atomic mass is 10.2. The molecular weight excluding hydrogens is 270 g/mol. The molecule has 0 unspecified atom stereocenters. The minimum atomic E-state index is -0.136. The van der Waals surface area contributed by atoms with Gasteiger partial charge in [0.1, 0.15) is 0 Å². The molecule has 0 saturated heterocycles. The van der Waals surface area contributed by atoms with Crippen LogP contribution in [0, 0.1) is 0 Å². The maximum atomic E-state index is 10.9. The van der Waals surface area contributed by atoms with Gasteiger partial charge in [0.2, 0.25) is 5.91 Å². The van der Waals surface area contributed by atoms with Crippen LogP contribution >= 0.6 is 15.9 Å². The Morgan fingerprint density at radius 3 is 2.62 bits per heavy atom. The largest absolute Gasteiger partial charge is 0.302 e. The monoisotopic (exact) mass is 285 g/mol. The molecule has 1 aromatic rings. The fraction of sp³-hybridized carbons (Fsp3) is 0.364. The van der Waals surface area contributed by atoms with Crippen molar-refractivity contribution in [2.45, 2.75) is 13.0 Å². The maximum absolute atomic E-state index is 10.9. The number of halogens is 1. The minimum absolute atomic E-state index is 0.136. The molecule has 0 bridgehead atoms. The molecule has 1 aromatic carbocycles.